The van der Waals surface area contributed by atoms with Crippen LogP contribution in [0.5, 0.6) is 0 Å². The number of benzene rings is 3. The van der Waals surface area contributed by atoms with Gasteiger partial charge in [0.1, 0.15) is 11.6 Å². The maximum atomic E-state index is 14.3. The van der Waals surface area contributed by atoms with Crippen molar-refractivity contribution in [1.82, 2.24) is 25.1 Å². The van der Waals surface area contributed by atoms with Gasteiger partial charge in [-0.3, -0.25) is 4.90 Å². The molecular formula is C25H24F2N6. The normalized spacial score (nSPS) is 15.5. The molecule has 0 amide bonds. The van der Waals surface area contributed by atoms with Gasteiger partial charge < -0.3 is 4.90 Å². The summed E-state index contributed by atoms with van der Waals surface area (Å²) in [4.78, 5) is 4.41. The molecule has 6 nitrogen and oxygen atoms in total. The largest absolute Gasteiger partial charge is 0.367 e. The van der Waals surface area contributed by atoms with E-state index in [-0.39, 0.29) is 17.7 Å². The molecule has 1 fully saturated rings. The molecule has 5 rings (SSSR count). The van der Waals surface area contributed by atoms with Gasteiger partial charge in [-0.2, -0.15) is 0 Å². The number of hydrogen-bond acceptors (Lipinski definition) is 5. The molecule has 0 bridgehead atoms. The SMILES string of the molecule is Fc1ccc(Cn2nnnc2[C@@H](c2ccccc2)N2CCN(c3ccccc3F)CC2)cc1. The van der Waals surface area contributed by atoms with Gasteiger partial charge in [0.25, 0.3) is 0 Å². The summed E-state index contributed by atoms with van der Waals surface area (Å²) < 4.78 is 29.4. The Morgan fingerprint density at radius 2 is 1.48 bits per heavy atom. The van der Waals surface area contributed by atoms with Crippen LogP contribution in [0.4, 0.5) is 14.5 Å². The number of halogens is 2. The van der Waals surface area contributed by atoms with Crippen molar-refractivity contribution in [2.75, 3.05) is 31.1 Å². The van der Waals surface area contributed by atoms with Crippen LogP contribution in [0, 0.1) is 11.6 Å². The molecule has 4 aromatic rings. The van der Waals surface area contributed by atoms with Crippen LogP contribution in [-0.2, 0) is 6.54 Å². The minimum absolute atomic E-state index is 0.149. The van der Waals surface area contributed by atoms with Crippen molar-refractivity contribution >= 4 is 5.69 Å². The van der Waals surface area contributed by atoms with Crippen LogP contribution >= 0.6 is 0 Å². The molecular weight excluding hydrogens is 422 g/mol. The van der Waals surface area contributed by atoms with Crippen molar-refractivity contribution in [1.29, 1.82) is 0 Å². The van der Waals surface area contributed by atoms with E-state index in [4.69, 9.17) is 0 Å². The van der Waals surface area contributed by atoms with Crippen LogP contribution in [0.25, 0.3) is 0 Å². The maximum Gasteiger partial charge on any atom is 0.173 e. The van der Waals surface area contributed by atoms with E-state index in [2.05, 4.69) is 37.5 Å². The van der Waals surface area contributed by atoms with Gasteiger partial charge in [-0.25, -0.2) is 13.5 Å². The number of tetrazole rings is 1. The van der Waals surface area contributed by atoms with E-state index in [1.54, 1.807) is 22.9 Å². The van der Waals surface area contributed by atoms with Gasteiger partial charge in [-0.15, -0.1) is 5.10 Å². The highest BCUT2D eigenvalue weighted by molar-refractivity contribution is 5.48. The second-order valence-electron chi connectivity index (χ2n) is 8.11. The first kappa shape index (κ1) is 21.2. The number of piperazine rings is 1. The van der Waals surface area contributed by atoms with Gasteiger partial charge >= 0.3 is 0 Å². The van der Waals surface area contributed by atoms with E-state index in [0.717, 1.165) is 30.0 Å². The Morgan fingerprint density at radius 3 is 2.21 bits per heavy atom. The quantitative estimate of drug-likeness (QED) is 0.450. The van der Waals surface area contributed by atoms with E-state index in [1.165, 1.54) is 18.2 Å². The molecule has 8 heteroatoms. The van der Waals surface area contributed by atoms with Crippen LogP contribution < -0.4 is 4.90 Å². The van der Waals surface area contributed by atoms with Gasteiger partial charge in [0.2, 0.25) is 0 Å². The second kappa shape index (κ2) is 9.46. The van der Waals surface area contributed by atoms with E-state index in [9.17, 15) is 8.78 Å². The molecule has 1 atom stereocenters. The van der Waals surface area contributed by atoms with E-state index >= 15 is 0 Å². The average molecular weight is 447 g/mol. The van der Waals surface area contributed by atoms with Gasteiger partial charge in [-0.1, -0.05) is 54.6 Å². The predicted molar refractivity (Wildman–Crippen MR) is 122 cm³/mol. The number of rotatable bonds is 6. The maximum absolute atomic E-state index is 14.3. The fourth-order valence-electron chi connectivity index (χ4n) is 4.37. The molecule has 0 spiro atoms. The lowest BCUT2D eigenvalue weighted by atomic mass is 10.0. The highest BCUT2D eigenvalue weighted by atomic mass is 19.1. The Bertz CT molecular complexity index is 1190. The molecule has 1 aliphatic rings. The Hall–Kier alpha value is -3.65. The van der Waals surface area contributed by atoms with Gasteiger partial charge in [-0.05, 0) is 45.8 Å². The number of hydrogen-bond donors (Lipinski definition) is 0. The van der Waals surface area contributed by atoms with Crippen LogP contribution in [0.15, 0.2) is 78.9 Å². The number of nitrogens with zero attached hydrogens (tertiary/aromatic N) is 6. The lowest BCUT2D eigenvalue weighted by Gasteiger charge is -2.40. The first-order chi connectivity index (χ1) is 16.2. The van der Waals surface area contributed by atoms with Crippen molar-refractivity contribution in [2.24, 2.45) is 0 Å². The van der Waals surface area contributed by atoms with E-state index in [1.807, 2.05) is 30.3 Å². The van der Waals surface area contributed by atoms with Gasteiger partial charge in [0, 0.05) is 26.2 Å². The summed E-state index contributed by atoms with van der Waals surface area (Å²) >= 11 is 0. The van der Waals surface area contributed by atoms with Crippen LogP contribution in [-0.4, -0.2) is 51.3 Å². The third kappa shape index (κ3) is 4.61. The summed E-state index contributed by atoms with van der Waals surface area (Å²) in [5.74, 6) is 0.254. The van der Waals surface area contributed by atoms with Crippen molar-refractivity contribution in [3.8, 4) is 0 Å². The molecule has 3 aromatic carbocycles. The average Bonchev–Trinajstić information content (AvgIpc) is 3.30. The summed E-state index contributed by atoms with van der Waals surface area (Å²) in [6.45, 7) is 3.31. The zero-order valence-electron chi connectivity index (χ0n) is 18.1. The van der Waals surface area contributed by atoms with Crippen molar-refractivity contribution in [2.45, 2.75) is 12.6 Å². The molecule has 1 aromatic heterocycles. The third-order valence-electron chi connectivity index (χ3n) is 6.04. The van der Waals surface area contributed by atoms with Crippen LogP contribution in [0.2, 0.25) is 0 Å². The van der Waals surface area contributed by atoms with Crippen molar-refractivity contribution in [3.63, 3.8) is 0 Å². The summed E-state index contributed by atoms with van der Waals surface area (Å²) in [7, 11) is 0. The molecule has 1 saturated heterocycles. The number of anilines is 1. The van der Waals surface area contributed by atoms with Crippen LogP contribution in [0.3, 0.4) is 0 Å². The highest BCUT2D eigenvalue weighted by Crippen LogP contribution is 2.30. The molecule has 33 heavy (non-hydrogen) atoms. The minimum atomic E-state index is -0.273. The van der Waals surface area contributed by atoms with E-state index < -0.39 is 0 Å². The molecule has 168 valence electrons. The molecule has 0 radical (unpaired) electrons. The molecule has 0 aliphatic carbocycles. The second-order valence-corrected chi connectivity index (χ2v) is 8.11. The van der Waals surface area contributed by atoms with Gasteiger partial charge in [0.05, 0.1) is 18.3 Å². The fourth-order valence-corrected chi connectivity index (χ4v) is 4.37. The number of aromatic nitrogens is 4. The minimum Gasteiger partial charge on any atom is -0.367 e. The lowest BCUT2D eigenvalue weighted by molar-refractivity contribution is 0.201. The van der Waals surface area contributed by atoms with E-state index in [0.29, 0.717) is 25.3 Å². The summed E-state index contributed by atoms with van der Waals surface area (Å²) in [5.41, 5.74) is 2.64. The first-order valence-electron chi connectivity index (χ1n) is 11.0. The molecule has 2 heterocycles. The third-order valence-corrected chi connectivity index (χ3v) is 6.04. The summed E-state index contributed by atoms with van der Waals surface area (Å²) in [6, 6.07) is 23.3. The standard InChI is InChI=1S/C25H24F2N6/c26-21-12-10-19(11-13-21)18-33-25(28-29-30-33)24(20-6-2-1-3-7-20)32-16-14-31(15-17-32)23-9-5-4-8-22(23)27/h1-13,24H,14-18H2/t24-/m1/s1. The van der Waals surface area contributed by atoms with Crippen LogP contribution in [0.1, 0.15) is 23.0 Å². The first-order valence-corrected chi connectivity index (χ1v) is 11.0. The van der Waals surface area contributed by atoms with Gasteiger partial charge in [0.15, 0.2) is 5.82 Å². The summed E-state index contributed by atoms with van der Waals surface area (Å²) in [6.07, 6.45) is 0. The molecule has 1 aliphatic heterocycles. The fraction of sp³-hybridized carbons (Fsp3) is 0.240. The Balaban J connectivity index is 1.41. The number of para-hydroxylation sites is 1. The Kier molecular flexibility index (Phi) is 6.08. The molecule has 0 N–H and O–H groups in total. The highest BCUT2D eigenvalue weighted by Gasteiger charge is 2.31. The molecule has 0 saturated carbocycles. The zero-order chi connectivity index (χ0) is 22.6. The monoisotopic (exact) mass is 446 g/mol. The zero-order valence-corrected chi connectivity index (χ0v) is 18.1. The summed E-state index contributed by atoms with van der Waals surface area (Å²) in [5, 5.41) is 12.6. The Morgan fingerprint density at radius 1 is 0.788 bits per heavy atom. The molecule has 0 unspecified atom stereocenters. The lowest BCUT2D eigenvalue weighted by Crippen LogP contribution is -2.48. The Labute approximate surface area is 191 Å². The van der Waals surface area contributed by atoms with Crippen molar-refractivity contribution < 1.29 is 8.78 Å². The predicted octanol–water partition coefficient (Wildman–Crippen LogP) is 3.91. The van der Waals surface area contributed by atoms with Crippen molar-refractivity contribution in [3.05, 3.63) is 107 Å². The topological polar surface area (TPSA) is 50.1 Å². The smallest absolute Gasteiger partial charge is 0.173 e.